The number of carboxylic acids is 1. The zero-order valence-corrected chi connectivity index (χ0v) is 9.46. The fraction of sp³-hybridized carbons (Fsp3) is 0.500. The van der Waals surface area contributed by atoms with E-state index in [-0.39, 0.29) is 46.6 Å². The first-order valence-corrected chi connectivity index (χ1v) is 2.93. The van der Waals surface area contributed by atoms with Gasteiger partial charge >= 0.3 is 46.6 Å². The molecule has 0 aromatic rings. The molecule has 0 saturated heterocycles. The number of hydrogen-bond donors (Lipinski definition) is 1. The molecule has 0 bridgehead atoms. The van der Waals surface area contributed by atoms with Gasteiger partial charge in [-0.3, -0.25) is 13.2 Å². The van der Waals surface area contributed by atoms with Crippen LogP contribution in [0.2, 0.25) is 0 Å². The van der Waals surface area contributed by atoms with Crippen LogP contribution in [0.1, 0.15) is 6.92 Å². The number of carbonyl (C=O) groups is 1. The van der Waals surface area contributed by atoms with Crippen molar-refractivity contribution >= 4 is 16.4 Å². The zero-order valence-electron chi connectivity index (χ0n) is 5.70. The van der Waals surface area contributed by atoms with Crippen molar-refractivity contribution in [1.82, 2.24) is 0 Å². The van der Waals surface area contributed by atoms with Crippen molar-refractivity contribution in [3.63, 3.8) is 0 Å². The van der Waals surface area contributed by atoms with Crippen molar-refractivity contribution in [3.8, 4) is 0 Å². The van der Waals surface area contributed by atoms with Crippen LogP contribution in [0.25, 0.3) is 0 Å². The summed E-state index contributed by atoms with van der Waals surface area (Å²) in [6.45, 7) is 1.08. The standard InChI is InChI=1S/C2H4O2.Cu.Na.H2O4S/c1-2(3)4;;;1-5(2,3)4/h1H3,(H,3,4);;;(H2,1,2,3,4)/q;2*+1;/p-2. The Bertz CT molecular complexity index is 163. The van der Waals surface area contributed by atoms with Crippen LogP contribution < -0.4 is 29.6 Å². The maximum absolute atomic E-state index is 9.00. The molecule has 0 aliphatic carbocycles. The third-order valence-electron chi connectivity index (χ3n) is 0. The molecule has 0 spiro atoms. The molecule has 0 aliphatic rings. The second-order valence-electron chi connectivity index (χ2n) is 0.927. The molecule has 0 aromatic heterocycles. The molecule has 0 atom stereocenters. The minimum atomic E-state index is -5.17. The van der Waals surface area contributed by atoms with E-state index < -0.39 is 16.4 Å². The van der Waals surface area contributed by atoms with Gasteiger partial charge < -0.3 is 14.2 Å². The van der Waals surface area contributed by atoms with E-state index in [4.69, 9.17) is 27.4 Å². The summed E-state index contributed by atoms with van der Waals surface area (Å²) in [4.78, 5) is 9.00. The molecule has 0 aliphatic heterocycles. The Kier molecular flexibility index (Phi) is 22.4. The Hall–Kier alpha value is 0.859. The zero-order chi connectivity index (χ0) is 8.08. The smallest absolute Gasteiger partial charge is 0.759 e. The maximum atomic E-state index is 9.00. The van der Waals surface area contributed by atoms with Crippen LogP contribution >= 0.6 is 0 Å². The fourth-order valence-corrected chi connectivity index (χ4v) is 0. The average molecular weight is 243 g/mol. The van der Waals surface area contributed by atoms with Gasteiger partial charge in [-0.1, -0.05) is 0 Å². The van der Waals surface area contributed by atoms with Gasteiger partial charge in [0.2, 0.25) is 0 Å². The van der Waals surface area contributed by atoms with Crippen molar-refractivity contribution in [1.29, 1.82) is 0 Å². The largest absolute Gasteiger partial charge is 1.00 e. The van der Waals surface area contributed by atoms with Gasteiger partial charge in [-0.15, -0.1) is 0 Å². The number of carboxylic acid groups (broad SMARTS) is 1. The van der Waals surface area contributed by atoms with Crippen molar-refractivity contribution in [3.05, 3.63) is 0 Å². The van der Waals surface area contributed by atoms with Gasteiger partial charge in [0.1, 0.15) is 0 Å². The van der Waals surface area contributed by atoms with Gasteiger partial charge in [-0.05, 0) is 0 Å². The van der Waals surface area contributed by atoms with Crippen molar-refractivity contribution in [2.45, 2.75) is 6.92 Å². The fourth-order valence-electron chi connectivity index (χ4n) is 0. The molecule has 0 rings (SSSR count). The predicted octanol–water partition coefficient (Wildman–Crippen LogP) is -4.25. The SMILES string of the molecule is CC(=O)O.O=S(=O)([O-])[O-].[Cu+].[Na+]. The minimum absolute atomic E-state index is 0. The number of hydrogen-bond acceptors (Lipinski definition) is 5. The molecular formula is C2H4CuNaO6S. The van der Waals surface area contributed by atoms with Crippen LogP contribution in [0.3, 0.4) is 0 Å². The second-order valence-corrected chi connectivity index (χ2v) is 1.74. The predicted molar refractivity (Wildman–Crippen MR) is 23.8 cm³/mol. The summed E-state index contributed by atoms with van der Waals surface area (Å²) in [5.74, 6) is -0.833. The van der Waals surface area contributed by atoms with E-state index in [2.05, 4.69) is 0 Å². The van der Waals surface area contributed by atoms with Crippen molar-refractivity contribution < 1.29 is 74.1 Å². The van der Waals surface area contributed by atoms with Gasteiger partial charge in [0.25, 0.3) is 5.97 Å². The molecule has 0 unspecified atom stereocenters. The number of rotatable bonds is 0. The van der Waals surface area contributed by atoms with E-state index in [1.807, 2.05) is 0 Å². The van der Waals surface area contributed by atoms with Crippen molar-refractivity contribution in [2.24, 2.45) is 0 Å². The molecular weight excluding hydrogens is 239 g/mol. The summed E-state index contributed by atoms with van der Waals surface area (Å²) in [6.07, 6.45) is 0. The van der Waals surface area contributed by atoms with Crippen LogP contribution in [0, 0.1) is 0 Å². The first kappa shape index (κ1) is 22.6. The molecule has 0 aromatic carbocycles. The van der Waals surface area contributed by atoms with Gasteiger partial charge in [0.15, 0.2) is 0 Å². The summed E-state index contributed by atoms with van der Waals surface area (Å²) in [6, 6.07) is 0. The molecule has 0 heterocycles. The Balaban J connectivity index is -0.0000000383. The van der Waals surface area contributed by atoms with Gasteiger partial charge in [-0.2, -0.15) is 0 Å². The molecule has 0 saturated carbocycles. The topological polar surface area (TPSA) is 118 Å². The first-order chi connectivity index (χ1) is 3.73. The van der Waals surface area contributed by atoms with Crippen molar-refractivity contribution in [2.75, 3.05) is 0 Å². The quantitative estimate of drug-likeness (QED) is 0.261. The van der Waals surface area contributed by atoms with Crippen LogP contribution in [-0.2, 0) is 32.3 Å². The first-order valence-electron chi connectivity index (χ1n) is 1.59. The summed E-state index contributed by atoms with van der Waals surface area (Å²) in [5, 5.41) is 7.42. The third kappa shape index (κ3) is 1150. The Labute approximate surface area is 96.7 Å². The number of aliphatic carboxylic acids is 1. The van der Waals surface area contributed by atoms with Gasteiger partial charge in [-0.25, -0.2) is 0 Å². The van der Waals surface area contributed by atoms with Crippen LogP contribution in [0.4, 0.5) is 0 Å². The Morgan fingerprint density at radius 1 is 1.36 bits per heavy atom. The van der Waals surface area contributed by atoms with Gasteiger partial charge in [0.05, 0.1) is 0 Å². The maximum Gasteiger partial charge on any atom is 1.00 e. The molecule has 6 nitrogen and oxygen atoms in total. The van der Waals surface area contributed by atoms with E-state index in [1.165, 1.54) is 0 Å². The van der Waals surface area contributed by atoms with E-state index in [0.29, 0.717) is 0 Å². The van der Waals surface area contributed by atoms with E-state index in [1.54, 1.807) is 0 Å². The van der Waals surface area contributed by atoms with Crippen LogP contribution in [0.15, 0.2) is 0 Å². The monoisotopic (exact) mass is 242 g/mol. The molecule has 0 amide bonds. The molecule has 0 radical (unpaired) electrons. The van der Waals surface area contributed by atoms with E-state index in [9.17, 15) is 0 Å². The minimum Gasteiger partial charge on any atom is -0.759 e. The Morgan fingerprint density at radius 2 is 1.36 bits per heavy atom. The molecule has 11 heavy (non-hydrogen) atoms. The normalized spacial score (nSPS) is 7.55. The van der Waals surface area contributed by atoms with Gasteiger partial charge in [0, 0.05) is 17.3 Å². The van der Waals surface area contributed by atoms with E-state index >= 15 is 0 Å². The summed E-state index contributed by atoms with van der Waals surface area (Å²) >= 11 is 0. The molecule has 66 valence electrons. The summed E-state index contributed by atoms with van der Waals surface area (Å²) < 4.78 is 34.1. The second kappa shape index (κ2) is 10.9. The Morgan fingerprint density at radius 3 is 1.36 bits per heavy atom. The molecule has 9 heteroatoms. The summed E-state index contributed by atoms with van der Waals surface area (Å²) in [5.41, 5.74) is 0. The third-order valence-corrected chi connectivity index (χ3v) is 0. The van der Waals surface area contributed by atoms with Crippen LogP contribution in [-0.4, -0.2) is 28.6 Å². The van der Waals surface area contributed by atoms with Crippen LogP contribution in [0.5, 0.6) is 0 Å². The van der Waals surface area contributed by atoms with E-state index in [0.717, 1.165) is 6.92 Å². The summed E-state index contributed by atoms with van der Waals surface area (Å²) in [7, 11) is -5.17. The molecule has 0 fully saturated rings. The average Bonchev–Trinajstić information content (AvgIpc) is 1.19. The molecule has 1 N–H and O–H groups in total.